The summed E-state index contributed by atoms with van der Waals surface area (Å²) in [4.78, 5) is 4.03. The molecule has 8 heteroatoms. The molecule has 0 saturated carbocycles. The molecule has 118 valence electrons. The molecule has 2 aromatic rings. The van der Waals surface area contributed by atoms with E-state index in [9.17, 15) is 17.2 Å². The Hall–Kier alpha value is -1.38. The number of piperidine rings is 1. The molecule has 1 fully saturated rings. The fourth-order valence-corrected chi connectivity index (χ4v) is 4.89. The van der Waals surface area contributed by atoms with Gasteiger partial charge in [0, 0.05) is 30.6 Å². The van der Waals surface area contributed by atoms with Crippen LogP contribution in [0.1, 0.15) is 23.8 Å². The molecule has 0 bridgehead atoms. The number of rotatable bonds is 3. The highest BCUT2D eigenvalue weighted by Gasteiger charge is 2.32. The van der Waals surface area contributed by atoms with E-state index in [1.165, 1.54) is 15.6 Å². The van der Waals surface area contributed by atoms with Gasteiger partial charge in [0.15, 0.2) is 11.6 Å². The van der Waals surface area contributed by atoms with Gasteiger partial charge in [-0.3, -0.25) is 0 Å². The van der Waals surface area contributed by atoms with Crippen molar-refractivity contribution in [3.8, 4) is 0 Å². The Balaban J connectivity index is 1.86. The van der Waals surface area contributed by atoms with Crippen LogP contribution in [0, 0.1) is 11.6 Å². The van der Waals surface area contributed by atoms with Crippen LogP contribution in [0.5, 0.6) is 0 Å². The standard InChI is InChI=1S/C14H14F2N2O2S2/c15-12-4-3-11(8-13(12)16)22(19,20)18-6-1-2-10(9-18)14-17-5-7-21-14/h3-5,7-8,10H,1-2,6,9H2/t10-/m0/s1. The van der Waals surface area contributed by atoms with Crippen LogP contribution in [-0.4, -0.2) is 30.8 Å². The van der Waals surface area contributed by atoms with Crippen LogP contribution in [0.3, 0.4) is 0 Å². The minimum atomic E-state index is -3.82. The lowest BCUT2D eigenvalue weighted by Crippen LogP contribution is -2.39. The second-order valence-electron chi connectivity index (χ2n) is 5.15. The molecule has 1 aliphatic rings. The summed E-state index contributed by atoms with van der Waals surface area (Å²) < 4.78 is 52.8. The summed E-state index contributed by atoms with van der Waals surface area (Å²) in [6.07, 6.45) is 3.28. The van der Waals surface area contributed by atoms with Gasteiger partial charge in [-0.25, -0.2) is 22.2 Å². The molecule has 0 radical (unpaired) electrons. The molecular formula is C14H14F2N2O2S2. The molecule has 0 amide bonds. The molecule has 0 N–H and O–H groups in total. The van der Waals surface area contributed by atoms with Crippen LogP contribution < -0.4 is 0 Å². The number of hydrogen-bond donors (Lipinski definition) is 0. The molecule has 22 heavy (non-hydrogen) atoms. The maximum absolute atomic E-state index is 13.3. The number of aromatic nitrogens is 1. The third kappa shape index (κ3) is 2.90. The van der Waals surface area contributed by atoms with Crippen molar-refractivity contribution in [2.24, 2.45) is 0 Å². The molecule has 1 saturated heterocycles. The highest BCUT2D eigenvalue weighted by Crippen LogP contribution is 2.31. The lowest BCUT2D eigenvalue weighted by Gasteiger charge is -2.31. The SMILES string of the molecule is O=S(=O)(c1ccc(F)c(F)c1)N1CCC[C@H](c2nccs2)C1. The maximum atomic E-state index is 13.3. The first-order chi connectivity index (χ1) is 10.5. The maximum Gasteiger partial charge on any atom is 0.243 e. The molecule has 1 aliphatic heterocycles. The van der Waals surface area contributed by atoms with Crippen molar-refractivity contribution < 1.29 is 17.2 Å². The zero-order valence-electron chi connectivity index (χ0n) is 11.6. The number of benzene rings is 1. The number of halogens is 2. The van der Waals surface area contributed by atoms with Gasteiger partial charge in [-0.2, -0.15) is 4.31 Å². The molecule has 4 nitrogen and oxygen atoms in total. The summed E-state index contributed by atoms with van der Waals surface area (Å²) >= 11 is 1.50. The number of hydrogen-bond acceptors (Lipinski definition) is 4. The summed E-state index contributed by atoms with van der Waals surface area (Å²) in [7, 11) is -3.82. The number of thiazole rings is 1. The Morgan fingerprint density at radius 2 is 2.09 bits per heavy atom. The van der Waals surface area contributed by atoms with Crippen molar-refractivity contribution in [3.63, 3.8) is 0 Å². The van der Waals surface area contributed by atoms with E-state index in [1.807, 2.05) is 5.38 Å². The van der Waals surface area contributed by atoms with E-state index in [-0.39, 0.29) is 10.8 Å². The monoisotopic (exact) mass is 344 g/mol. The van der Waals surface area contributed by atoms with E-state index in [2.05, 4.69) is 4.98 Å². The van der Waals surface area contributed by atoms with Gasteiger partial charge >= 0.3 is 0 Å². The van der Waals surface area contributed by atoms with Crippen molar-refractivity contribution in [1.82, 2.24) is 9.29 Å². The first kappa shape index (κ1) is 15.5. The van der Waals surface area contributed by atoms with Crippen molar-refractivity contribution in [3.05, 3.63) is 46.4 Å². The van der Waals surface area contributed by atoms with E-state index in [4.69, 9.17) is 0 Å². The van der Waals surface area contributed by atoms with Crippen molar-refractivity contribution in [2.45, 2.75) is 23.7 Å². The molecule has 0 aliphatic carbocycles. The molecular weight excluding hydrogens is 330 g/mol. The number of sulfonamides is 1. The van der Waals surface area contributed by atoms with Crippen LogP contribution in [0.15, 0.2) is 34.7 Å². The second kappa shape index (κ2) is 6.02. The van der Waals surface area contributed by atoms with E-state index in [1.54, 1.807) is 6.20 Å². The largest absolute Gasteiger partial charge is 0.249 e. The molecule has 1 atom stereocenters. The Morgan fingerprint density at radius 3 is 2.77 bits per heavy atom. The smallest absolute Gasteiger partial charge is 0.243 e. The quantitative estimate of drug-likeness (QED) is 0.860. The van der Waals surface area contributed by atoms with E-state index in [0.29, 0.717) is 19.5 Å². The molecule has 1 aromatic heterocycles. The fourth-order valence-electron chi connectivity index (χ4n) is 2.58. The average Bonchev–Trinajstić information content (AvgIpc) is 3.04. The lowest BCUT2D eigenvalue weighted by molar-refractivity contribution is 0.315. The summed E-state index contributed by atoms with van der Waals surface area (Å²) in [5.74, 6) is -2.17. The summed E-state index contributed by atoms with van der Waals surface area (Å²) in [6.45, 7) is 0.693. The average molecular weight is 344 g/mol. The van der Waals surface area contributed by atoms with Crippen LogP contribution in [0.25, 0.3) is 0 Å². The Bertz CT molecular complexity index is 763. The first-order valence-corrected chi connectivity index (χ1v) is 9.15. The van der Waals surface area contributed by atoms with Crippen molar-refractivity contribution in [2.75, 3.05) is 13.1 Å². The summed E-state index contributed by atoms with van der Waals surface area (Å²) in [6, 6.07) is 2.67. The topological polar surface area (TPSA) is 50.3 Å². The van der Waals surface area contributed by atoms with Gasteiger partial charge in [0.2, 0.25) is 10.0 Å². The van der Waals surface area contributed by atoms with Gasteiger partial charge in [-0.05, 0) is 31.0 Å². The lowest BCUT2D eigenvalue weighted by atomic mass is 10.0. The van der Waals surface area contributed by atoms with Gasteiger partial charge in [0.25, 0.3) is 0 Å². The van der Waals surface area contributed by atoms with E-state index in [0.717, 1.165) is 29.6 Å². The van der Waals surface area contributed by atoms with Gasteiger partial charge < -0.3 is 0 Å². The molecule has 3 rings (SSSR count). The second-order valence-corrected chi connectivity index (χ2v) is 8.01. The predicted octanol–water partition coefficient (Wildman–Crippen LogP) is 2.99. The number of nitrogens with zero attached hydrogens (tertiary/aromatic N) is 2. The zero-order valence-corrected chi connectivity index (χ0v) is 13.2. The van der Waals surface area contributed by atoms with E-state index < -0.39 is 21.7 Å². The van der Waals surface area contributed by atoms with Gasteiger partial charge in [-0.1, -0.05) is 0 Å². The summed E-state index contributed by atoms with van der Waals surface area (Å²) in [5.41, 5.74) is 0. The van der Waals surface area contributed by atoms with Crippen LogP contribution in [0.2, 0.25) is 0 Å². The van der Waals surface area contributed by atoms with Gasteiger partial charge in [0.05, 0.1) is 9.90 Å². The van der Waals surface area contributed by atoms with E-state index >= 15 is 0 Å². The highest BCUT2D eigenvalue weighted by atomic mass is 32.2. The van der Waals surface area contributed by atoms with Crippen LogP contribution in [-0.2, 0) is 10.0 Å². The first-order valence-electron chi connectivity index (χ1n) is 6.83. The van der Waals surface area contributed by atoms with Gasteiger partial charge in [0.1, 0.15) is 0 Å². The zero-order chi connectivity index (χ0) is 15.7. The molecule has 2 heterocycles. The third-order valence-electron chi connectivity index (χ3n) is 3.71. The summed E-state index contributed by atoms with van der Waals surface area (Å²) in [5, 5.41) is 2.77. The third-order valence-corrected chi connectivity index (χ3v) is 6.51. The Kier molecular flexibility index (Phi) is 4.24. The molecule has 0 spiro atoms. The van der Waals surface area contributed by atoms with Crippen molar-refractivity contribution in [1.29, 1.82) is 0 Å². The normalized spacial score (nSPS) is 20.2. The minimum absolute atomic E-state index is 0.0498. The Labute approximate surface area is 131 Å². The Morgan fingerprint density at radius 1 is 1.27 bits per heavy atom. The van der Waals surface area contributed by atoms with Crippen LogP contribution >= 0.6 is 11.3 Å². The molecule has 0 unspecified atom stereocenters. The van der Waals surface area contributed by atoms with Crippen LogP contribution in [0.4, 0.5) is 8.78 Å². The van der Waals surface area contributed by atoms with Gasteiger partial charge in [-0.15, -0.1) is 11.3 Å². The minimum Gasteiger partial charge on any atom is -0.249 e. The predicted molar refractivity (Wildman–Crippen MR) is 79.2 cm³/mol. The molecule has 1 aromatic carbocycles. The highest BCUT2D eigenvalue weighted by molar-refractivity contribution is 7.89. The van der Waals surface area contributed by atoms with Crippen molar-refractivity contribution >= 4 is 21.4 Å². The fraction of sp³-hybridized carbons (Fsp3) is 0.357.